The Kier molecular flexibility index (Phi) is 4.84. The molecule has 2 atom stereocenters. The van der Waals surface area contributed by atoms with Gasteiger partial charge in [0, 0.05) is 12.5 Å². The number of nitrogens with one attached hydrogen (secondary N) is 1. The van der Waals surface area contributed by atoms with E-state index in [2.05, 4.69) is 12.2 Å². The van der Waals surface area contributed by atoms with Crippen LogP contribution in [-0.4, -0.2) is 24.2 Å². The van der Waals surface area contributed by atoms with E-state index in [1.807, 2.05) is 0 Å². The molecule has 17 heavy (non-hydrogen) atoms. The molecular formula is C14H25NO2. The Balaban J connectivity index is 1.38. The van der Waals surface area contributed by atoms with E-state index in [0.29, 0.717) is 24.7 Å². The van der Waals surface area contributed by atoms with E-state index < -0.39 is 0 Å². The van der Waals surface area contributed by atoms with Gasteiger partial charge in [-0.2, -0.15) is 0 Å². The minimum absolute atomic E-state index is 0.249. The number of unbranched alkanes of at least 4 members (excludes halogenated alkanes) is 2. The number of hydrogen-bond donors (Lipinski definition) is 1. The molecule has 2 aliphatic rings. The Bertz CT molecular complexity index is 251. The van der Waals surface area contributed by atoms with E-state index >= 15 is 0 Å². The van der Waals surface area contributed by atoms with Crippen LogP contribution in [0.2, 0.25) is 0 Å². The lowest BCUT2D eigenvalue weighted by atomic mass is 10.1. The summed E-state index contributed by atoms with van der Waals surface area (Å²) in [5.41, 5.74) is 0. The standard InChI is InChI=1S/C14H25NO2/c1-2-6-12-13(17-12)7-4-3-5-8-14(16)15-11-9-10-11/h11-13H,2-10H2,1H3,(H,15,16). The zero-order valence-corrected chi connectivity index (χ0v) is 10.9. The van der Waals surface area contributed by atoms with Gasteiger partial charge in [0.05, 0.1) is 12.2 Å². The van der Waals surface area contributed by atoms with Crippen molar-refractivity contribution in [3.63, 3.8) is 0 Å². The van der Waals surface area contributed by atoms with Crippen LogP contribution in [0.3, 0.4) is 0 Å². The molecule has 2 fully saturated rings. The monoisotopic (exact) mass is 239 g/mol. The minimum atomic E-state index is 0.249. The van der Waals surface area contributed by atoms with Crippen molar-refractivity contribution in [2.45, 2.75) is 83.0 Å². The van der Waals surface area contributed by atoms with Crippen LogP contribution in [0.1, 0.15) is 64.7 Å². The van der Waals surface area contributed by atoms with Crippen LogP contribution < -0.4 is 5.32 Å². The van der Waals surface area contributed by atoms with Gasteiger partial charge in [0.1, 0.15) is 0 Å². The summed E-state index contributed by atoms with van der Waals surface area (Å²) in [5, 5.41) is 3.03. The van der Waals surface area contributed by atoms with Crippen molar-refractivity contribution in [1.29, 1.82) is 0 Å². The second-order valence-corrected chi connectivity index (χ2v) is 5.44. The molecule has 1 heterocycles. The van der Waals surface area contributed by atoms with Gasteiger partial charge in [-0.15, -0.1) is 0 Å². The third kappa shape index (κ3) is 5.07. The zero-order chi connectivity index (χ0) is 12.1. The second kappa shape index (κ2) is 6.39. The van der Waals surface area contributed by atoms with Crippen molar-refractivity contribution in [1.82, 2.24) is 5.32 Å². The quantitative estimate of drug-likeness (QED) is 0.496. The largest absolute Gasteiger partial charge is 0.370 e. The lowest BCUT2D eigenvalue weighted by Gasteiger charge is -2.02. The number of carbonyl (C=O) groups excluding carboxylic acids is 1. The van der Waals surface area contributed by atoms with Crippen molar-refractivity contribution >= 4 is 5.91 Å². The Hall–Kier alpha value is -0.570. The van der Waals surface area contributed by atoms with Crippen molar-refractivity contribution in [2.24, 2.45) is 0 Å². The van der Waals surface area contributed by atoms with Gasteiger partial charge in [-0.3, -0.25) is 4.79 Å². The molecule has 98 valence electrons. The lowest BCUT2D eigenvalue weighted by Crippen LogP contribution is -2.24. The zero-order valence-electron chi connectivity index (χ0n) is 10.9. The number of ether oxygens (including phenoxy) is 1. The van der Waals surface area contributed by atoms with Crippen LogP contribution in [0, 0.1) is 0 Å². The van der Waals surface area contributed by atoms with Crippen LogP contribution in [0.4, 0.5) is 0 Å². The molecular weight excluding hydrogens is 214 g/mol. The third-order valence-corrected chi connectivity index (χ3v) is 3.60. The first-order chi connectivity index (χ1) is 8.29. The van der Waals surface area contributed by atoms with Crippen LogP contribution in [0.25, 0.3) is 0 Å². The van der Waals surface area contributed by atoms with Crippen LogP contribution in [-0.2, 0) is 9.53 Å². The molecule has 2 rings (SSSR count). The van der Waals surface area contributed by atoms with Gasteiger partial charge in [0.2, 0.25) is 5.91 Å². The van der Waals surface area contributed by atoms with Gasteiger partial charge in [0.15, 0.2) is 0 Å². The Labute approximate surface area is 104 Å². The highest BCUT2D eigenvalue weighted by Gasteiger charge is 2.36. The first kappa shape index (κ1) is 12.9. The molecule has 1 aliphatic heterocycles. The summed E-state index contributed by atoms with van der Waals surface area (Å²) in [7, 11) is 0. The predicted octanol–water partition coefficient (Wildman–Crippen LogP) is 2.78. The van der Waals surface area contributed by atoms with Gasteiger partial charge in [0.25, 0.3) is 0 Å². The summed E-state index contributed by atoms with van der Waals surface area (Å²) >= 11 is 0. The fourth-order valence-corrected chi connectivity index (χ4v) is 2.31. The summed E-state index contributed by atoms with van der Waals surface area (Å²) in [6, 6.07) is 0.511. The molecule has 0 aromatic carbocycles. The maximum absolute atomic E-state index is 11.4. The fraction of sp³-hybridized carbons (Fsp3) is 0.929. The summed E-state index contributed by atoms with van der Waals surface area (Å²) in [4.78, 5) is 11.4. The maximum atomic E-state index is 11.4. The van der Waals surface area contributed by atoms with Gasteiger partial charge in [-0.1, -0.05) is 26.2 Å². The normalized spacial score (nSPS) is 26.9. The van der Waals surface area contributed by atoms with Crippen molar-refractivity contribution < 1.29 is 9.53 Å². The van der Waals surface area contributed by atoms with Gasteiger partial charge in [-0.05, 0) is 32.1 Å². The number of rotatable bonds is 9. The summed E-state index contributed by atoms with van der Waals surface area (Å²) in [6.07, 6.45) is 11.2. The van der Waals surface area contributed by atoms with Gasteiger partial charge in [-0.25, -0.2) is 0 Å². The van der Waals surface area contributed by atoms with Crippen LogP contribution in [0.5, 0.6) is 0 Å². The number of amides is 1. The number of epoxide rings is 1. The Morgan fingerprint density at radius 1 is 1.18 bits per heavy atom. The third-order valence-electron chi connectivity index (χ3n) is 3.60. The summed E-state index contributed by atoms with van der Waals surface area (Å²) in [5.74, 6) is 0.249. The minimum Gasteiger partial charge on any atom is -0.370 e. The van der Waals surface area contributed by atoms with Crippen molar-refractivity contribution in [2.75, 3.05) is 0 Å². The highest BCUT2D eigenvalue weighted by molar-refractivity contribution is 5.76. The molecule has 3 heteroatoms. The molecule has 1 amide bonds. The molecule has 0 radical (unpaired) electrons. The van der Waals surface area contributed by atoms with E-state index in [1.54, 1.807) is 0 Å². The molecule has 0 aromatic rings. The van der Waals surface area contributed by atoms with E-state index in [4.69, 9.17) is 4.74 Å². The maximum Gasteiger partial charge on any atom is 0.220 e. The summed E-state index contributed by atoms with van der Waals surface area (Å²) < 4.78 is 5.57. The topological polar surface area (TPSA) is 41.6 Å². The van der Waals surface area contributed by atoms with E-state index in [-0.39, 0.29) is 5.91 Å². The summed E-state index contributed by atoms with van der Waals surface area (Å²) in [6.45, 7) is 2.21. The highest BCUT2D eigenvalue weighted by Crippen LogP contribution is 2.30. The molecule has 3 nitrogen and oxygen atoms in total. The van der Waals surface area contributed by atoms with Gasteiger partial charge < -0.3 is 10.1 Å². The molecule has 0 spiro atoms. The van der Waals surface area contributed by atoms with Crippen LogP contribution in [0.15, 0.2) is 0 Å². The lowest BCUT2D eigenvalue weighted by molar-refractivity contribution is -0.121. The number of carbonyl (C=O) groups is 1. The fourth-order valence-electron chi connectivity index (χ4n) is 2.31. The molecule has 1 saturated heterocycles. The first-order valence-electron chi connectivity index (χ1n) is 7.24. The molecule has 1 aliphatic carbocycles. The molecule has 0 bridgehead atoms. The highest BCUT2D eigenvalue weighted by atomic mass is 16.6. The molecule has 1 N–H and O–H groups in total. The SMILES string of the molecule is CCCC1OC1CCCCCC(=O)NC1CC1. The van der Waals surface area contributed by atoms with E-state index in [0.717, 1.165) is 12.8 Å². The number of hydrogen-bond acceptors (Lipinski definition) is 2. The average Bonchev–Trinajstić information content (AvgIpc) is 3.17. The Morgan fingerprint density at radius 2 is 1.94 bits per heavy atom. The molecule has 1 saturated carbocycles. The second-order valence-electron chi connectivity index (χ2n) is 5.44. The van der Waals surface area contributed by atoms with E-state index in [9.17, 15) is 4.79 Å². The predicted molar refractivity (Wildman–Crippen MR) is 67.8 cm³/mol. The first-order valence-corrected chi connectivity index (χ1v) is 7.24. The van der Waals surface area contributed by atoms with Crippen molar-refractivity contribution in [3.8, 4) is 0 Å². The average molecular weight is 239 g/mol. The Morgan fingerprint density at radius 3 is 2.65 bits per heavy atom. The van der Waals surface area contributed by atoms with Gasteiger partial charge >= 0.3 is 0 Å². The molecule has 0 aromatic heterocycles. The van der Waals surface area contributed by atoms with Crippen LogP contribution >= 0.6 is 0 Å². The molecule has 2 unspecified atom stereocenters. The van der Waals surface area contributed by atoms with Crippen molar-refractivity contribution in [3.05, 3.63) is 0 Å². The smallest absolute Gasteiger partial charge is 0.220 e. The van der Waals surface area contributed by atoms with E-state index in [1.165, 1.54) is 38.5 Å².